The van der Waals surface area contributed by atoms with Gasteiger partial charge in [-0.05, 0) is 23.6 Å². The molecule has 0 saturated heterocycles. The maximum Gasteiger partial charge on any atom is 0.338 e. The molecule has 1 aliphatic heterocycles. The van der Waals surface area contributed by atoms with E-state index in [2.05, 4.69) is 12.1 Å². The quantitative estimate of drug-likeness (QED) is 0.626. The Morgan fingerprint density at radius 3 is 2.74 bits per heavy atom. The van der Waals surface area contributed by atoms with Gasteiger partial charge in [0.15, 0.2) is 0 Å². The molecule has 0 amide bonds. The number of halogens is 1. The minimum Gasteiger partial charge on any atom is -0.457 e. The number of hydrogen-bond donors (Lipinski definition) is 0. The van der Waals surface area contributed by atoms with Crippen molar-refractivity contribution in [3.63, 3.8) is 0 Å². The summed E-state index contributed by atoms with van der Waals surface area (Å²) in [5, 5.41) is -0.138. The summed E-state index contributed by atoms with van der Waals surface area (Å²) in [4.78, 5) is 11.5. The lowest BCUT2D eigenvalue weighted by Gasteiger charge is -2.10. The van der Waals surface area contributed by atoms with Gasteiger partial charge in [-0.15, -0.1) is 11.6 Å². The molecule has 1 aliphatic rings. The van der Waals surface area contributed by atoms with Crippen LogP contribution in [0.4, 0.5) is 0 Å². The van der Waals surface area contributed by atoms with Gasteiger partial charge in [-0.1, -0.05) is 42.5 Å². The van der Waals surface area contributed by atoms with Gasteiger partial charge < -0.3 is 4.74 Å². The molecule has 3 heteroatoms. The predicted molar refractivity (Wildman–Crippen MR) is 74.3 cm³/mol. The number of esters is 1. The van der Waals surface area contributed by atoms with Crippen LogP contribution in [0, 0.1) is 0 Å². The van der Waals surface area contributed by atoms with Crippen LogP contribution in [0.3, 0.4) is 0 Å². The molecule has 19 heavy (non-hydrogen) atoms. The average molecular weight is 273 g/mol. The van der Waals surface area contributed by atoms with Crippen LogP contribution >= 0.6 is 11.6 Å². The highest BCUT2D eigenvalue weighted by Crippen LogP contribution is 2.29. The van der Waals surface area contributed by atoms with Crippen molar-refractivity contribution in [1.29, 1.82) is 0 Å². The molecule has 0 aromatic heterocycles. The third-order valence-corrected chi connectivity index (χ3v) is 3.74. The highest BCUT2D eigenvalue weighted by molar-refractivity contribution is 6.21. The number of alkyl halides is 1. The Balaban J connectivity index is 1.83. The van der Waals surface area contributed by atoms with E-state index < -0.39 is 0 Å². The topological polar surface area (TPSA) is 26.3 Å². The summed E-state index contributed by atoms with van der Waals surface area (Å²) in [5.74, 6) is -0.250. The van der Waals surface area contributed by atoms with E-state index in [0.717, 1.165) is 17.5 Å². The van der Waals surface area contributed by atoms with Crippen LogP contribution in [0.15, 0.2) is 48.5 Å². The lowest BCUT2D eigenvalue weighted by molar-refractivity contribution is 0.0535. The minimum atomic E-state index is -0.250. The SMILES string of the molecule is O=C1OCc2ccc(C(Cl)Cc3ccccc3)cc21. The second kappa shape index (κ2) is 5.06. The maximum absolute atomic E-state index is 11.5. The number of ether oxygens (including phenoxy) is 1. The Hall–Kier alpha value is -1.80. The first-order valence-corrected chi connectivity index (χ1v) is 6.65. The number of benzene rings is 2. The molecule has 96 valence electrons. The molecule has 0 bridgehead atoms. The van der Waals surface area contributed by atoms with Gasteiger partial charge in [0.2, 0.25) is 0 Å². The van der Waals surface area contributed by atoms with Crippen LogP contribution in [0.2, 0.25) is 0 Å². The monoisotopic (exact) mass is 272 g/mol. The van der Waals surface area contributed by atoms with Crippen molar-refractivity contribution in [3.05, 3.63) is 70.8 Å². The van der Waals surface area contributed by atoms with Gasteiger partial charge in [-0.25, -0.2) is 4.79 Å². The van der Waals surface area contributed by atoms with Crippen LogP contribution in [0.25, 0.3) is 0 Å². The van der Waals surface area contributed by atoms with Crippen molar-refractivity contribution in [3.8, 4) is 0 Å². The Morgan fingerprint density at radius 2 is 1.95 bits per heavy atom. The number of cyclic esters (lactones) is 1. The Kier molecular flexibility index (Phi) is 3.26. The van der Waals surface area contributed by atoms with Gasteiger partial charge in [0, 0.05) is 5.56 Å². The Bertz CT molecular complexity index is 607. The van der Waals surface area contributed by atoms with E-state index in [-0.39, 0.29) is 11.3 Å². The van der Waals surface area contributed by atoms with E-state index in [1.807, 2.05) is 36.4 Å². The second-order valence-electron chi connectivity index (χ2n) is 4.65. The number of carbonyl (C=O) groups is 1. The molecule has 2 aromatic rings. The zero-order valence-electron chi connectivity index (χ0n) is 10.3. The molecule has 1 unspecified atom stereocenters. The molecular weight excluding hydrogens is 260 g/mol. The van der Waals surface area contributed by atoms with Crippen LogP contribution in [-0.4, -0.2) is 5.97 Å². The second-order valence-corrected chi connectivity index (χ2v) is 5.18. The fourth-order valence-electron chi connectivity index (χ4n) is 2.26. The lowest BCUT2D eigenvalue weighted by Crippen LogP contribution is -1.99. The first-order chi connectivity index (χ1) is 9.24. The van der Waals surface area contributed by atoms with Crippen LogP contribution < -0.4 is 0 Å². The normalized spacial score (nSPS) is 14.9. The summed E-state index contributed by atoms with van der Waals surface area (Å²) < 4.78 is 4.99. The van der Waals surface area contributed by atoms with E-state index in [4.69, 9.17) is 16.3 Å². The summed E-state index contributed by atoms with van der Waals surface area (Å²) in [6.07, 6.45) is 0.746. The molecule has 2 nitrogen and oxygen atoms in total. The molecule has 0 saturated carbocycles. The molecule has 0 spiro atoms. The van der Waals surface area contributed by atoms with Crippen LogP contribution in [0.5, 0.6) is 0 Å². The molecule has 1 atom stereocenters. The Labute approximate surface area is 117 Å². The summed E-state index contributed by atoms with van der Waals surface area (Å²) in [7, 11) is 0. The first kappa shape index (κ1) is 12.2. The van der Waals surface area contributed by atoms with Crippen molar-refractivity contribution in [2.75, 3.05) is 0 Å². The van der Waals surface area contributed by atoms with Crippen LogP contribution in [-0.2, 0) is 17.8 Å². The largest absolute Gasteiger partial charge is 0.457 e. The zero-order valence-corrected chi connectivity index (χ0v) is 11.1. The fourth-order valence-corrected chi connectivity index (χ4v) is 2.58. The molecule has 3 rings (SSSR count). The molecule has 0 N–H and O–H groups in total. The highest BCUT2D eigenvalue weighted by Gasteiger charge is 2.22. The van der Waals surface area contributed by atoms with Gasteiger partial charge in [-0.3, -0.25) is 0 Å². The van der Waals surface area contributed by atoms with E-state index in [1.165, 1.54) is 5.56 Å². The maximum atomic E-state index is 11.5. The molecular formula is C16H13ClO2. The first-order valence-electron chi connectivity index (χ1n) is 6.22. The van der Waals surface area contributed by atoms with Crippen molar-refractivity contribution in [2.24, 2.45) is 0 Å². The number of carbonyl (C=O) groups excluding carboxylic acids is 1. The molecule has 0 aliphatic carbocycles. The standard InChI is InChI=1S/C16H13ClO2/c17-15(8-11-4-2-1-3-5-11)12-6-7-13-10-19-16(18)14(13)9-12/h1-7,9,15H,8,10H2. The Morgan fingerprint density at radius 1 is 1.16 bits per heavy atom. The van der Waals surface area contributed by atoms with Crippen LogP contribution in [0.1, 0.15) is 32.4 Å². The van der Waals surface area contributed by atoms with Crippen molar-refractivity contribution in [1.82, 2.24) is 0 Å². The van der Waals surface area contributed by atoms with Gasteiger partial charge in [0.1, 0.15) is 6.61 Å². The van der Waals surface area contributed by atoms with Crippen molar-refractivity contribution >= 4 is 17.6 Å². The summed E-state index contributed by atoms with van der Waals surface area (Å²) >= 11 is 6.44. The van der Waals surface area contributed by atoms with Gasteiger partial charge in [0.25, 0.3) is 0 Å². The summed E-state index contributed by atoms with van der Waals surface area (Å²) in [5.41, 5.74) is 3.74. The van der Waals surface area contributed by atoms with Gasteiger partial charge in [0.05, 0.1) is 10.9 Å². The molecule has 0 radical (unpaired) electrons. The third-order valence-electron chi connectivity index (χ3n) is 3.33. The van der Waals surface area contributed by atoms with E-state index in [9.17, 15) is 4.79 Å². The molecule has 1 heterocycles. The van der Waals surface area contributed by atoms with Gasteiger partial charge >= 0.3 is 5.97 Å². The average Bonchev–Trinajstić information content (AvgIpc) is 2.81. The van der Waals surface area contributed by atoms with E-state index >= 15 is 0 Å². The van der Waals surface area contributed by atoms with Crippen molar-refractivity contribution < 1.29 is 9.53 Å². The fraction of sp³-hybridized carbons (Fsp3) is 0.188. The minimum absolute atomic E-state index is 0.138. The highest BCUT2D eigenvalue weighted by atomic mass is 35.5. The van der Waals surface area contributed by atoms with Gasteiger partial charge in [-0.2, -0.15) is 0 Å². The number of fused-ring (bicyclic) bond motifs is 1. The smallest absolute Gasteiger partial charge is 0.338 e. The lowest BCUT2D eigenvalue weighted by atomic mass is 10.00. The van der Waals surface area contributed by atoms with E-state index in [0.29, 0.717) is 12.2 Å². The third kappa shape index (κ3) is 2.49. The van der Waals surface area contributed by atoms with Crippen molar-refractivity contribution in [2.45, 2.75) is 18.4 Å². The zero-order chi connectivity index (χ0) is 13.2. The predicted octanol–water partition coefficient (Wildman–Crippen LogP) is 3.88. The molecule has 2 aromatic carbocycles. The number of hydrogen-bond acceptors (Lipinski definition) is 2. The van der Waals surface area contributed by atoms with E-state index in [1.54, 1.807) is 0 Å². The molecule has 0 fully saturated rings. The summed E-state index contributed by atoms with van der Waals surface area (Å²) in [6.45, 7) is 0.375. The summed E-state index contributed by atoms with van der Waals surface area (Å²) in [6, 6.07) is 15.8. The number of rotatable bonds is 3.